The van der Waals surface area contributed by atoms with E-state index in [4.69, 9.17) is 0 Å². The zero-order chi connectivity index (χ0) is 14.0. The molecule has 1 aliphatic heterocycles. The highest BCUT2D eigenvalue weighted by Gasteiger charge is 2.34. The second kappa shape index (κ2) is 5.84. The summed E-state index contributed by atoms with van der Waals surface area (Å²) in [6, 6.07) is 9.28. The van der Waals surface area contributed by atoms with Crippen molar-refractivity contribution in [1.82, 2.24) is 10.2 Å². The number of nitrogens with one attached hydrogen (secondary N) is 1. The zero-order valence-electron chi connectivity index (χ0n) is 12.4. The Morgan fingerprint density at radius 1 is 1.25 bits per heavy atom. The van der Waals surface area contributed by atoms with Gasteiger partial charge in [-0.25, -0.2) is 0 Å². The van der Waals surface area contributed by atoms with Gasteiger partial charge >= 0.3 is 0 Å². The van der Waals surface area contributed by atoms with E-state index >= 15 is 0 Å². The SMILES string of the molecule is Cc1ccccc1CN1CCC(O)(CNC2CC2)CC1. The van der Waals surface area contributed by atoms with Gasteiger partial charge in [0.25, 0.3) is 0 Å². The summed E-state index contributed by atoms with van der Waals surface area (Å²) in [6.07, 6.45) is 4.35. The average Bonchev–Trinajstić information content (AvgIpc) is 3.26. The van der Waals surface area contributed by atoms with Crippen LogP contribution in [0.4, 0.5) is 0 Å². The molecule has 3 heteroatoms. The Bertz CT molecular complexity index is 448. The molecule has 2 N–H and O–H groups in total. The molecule has 0 radical (unpaired) electrons. The van der Waals surface area contributed by atoms with Crippen LogP contribution in [0, 0.1) is 6.92 Å². The van der Waals surface area contributed by atoms with Crippen LogP contribution in [0.15, 0.2) is 24.3 Å². The molecule has 0 unspecified atom stereocenters. The number of hydrogen-bond acceptors (Lipinski definition) is 3. The maximum atomic E-state index is 10.6. The fraction of sp³-hybridized carbons (Fsp3) is 0.647. The average molecular weight is 274 g/mol. The van der Waals surface area contributed by atoms with Gasteiger partial charge in [0.15, 0.2) is 0 Å². The molecule has 0 atom stereocenters. The van der Waals surface area contributed by atoms with E-state index in [1.807, 2.05) is 0 Å². The molecule has 2 aliphatic rings. The van der Waals surface area contributed by atoms with Crippen molar-refractivity contribution in [3.05, 3.63) is 35.4 Å². The first-order valence-corrected chi connectivity index (χ1v) is 7.87. The Morgan fingerprint density at radius 2 is 1.95 bits per heavy atom. The van der Waals surface area contributed by atoms with Crippen LogP contribution in [-0.2, 0) is 6.54 Å². The first kappa shape index (κ1) is 14.1. The summed E-state index contributed by atoms with van der Waals surface area (Å²) in [6.45, 7) is 5.96. The normalized spacial score (nSPS) is 22.9. The van der Waals surface area contributed by atoms with Crippen LogP contribution in [0.2, 0.25) is 0 Å². The summed E-state index contributed by atoms with van der Waals surface area (Å²) in [5.74, 6) is 0. The Balaban J connectivity index is 1.49. The molecular formula is C17H26N2O. The van der Waals surface area contributed by atoms with E-state index in [9.17, 15) is 5.11 Å². The van der Waals surface area contributed by atoms with Gasteiger partial charge in [-0.05, 0) is 43.7 Å². The maximum absolute atomic E-state index is 10.6. The van der Waals surface area contributed by atoms with E-state index in [2.05, 4.69) is 41.4 Å². The van der Waals surface area contributed by atoms with Crippen LogP contribution in [0.25, 0.3) is 0 Å². The van der Waals surface area contributed by atoms with Crippen LogP contribution < -0.4 is 5.32 Å². The number of hydrogen-bond donors (Lipinski definition) is 2. The van der Waals surface area contributed by atoms with Crippen molar-refractivity contribution in [2.75, 3.05) is 19.6 Å². The van der Waals surface area contributed by atoms with Gasteiger partial charge in [0.05, 0.1) is 5.60 Å². The van der Waals surface area contributed by atoms with Gasteiger partial charge in [0.2, 0.25) is 0 Å². The molecule has 0 amide bonds. The number of rotatable bonds is 5. The van der Waals surface area contributed by atoms with Gasteiger partial charge in [0, 0.05) is 32.2 Å². The number of piperidine rings is 1. The first-order valence-electron chi connectivity index (χ1n) is 7.87. The molecule has 1 saturated carbocycles. The summed E-state index contributed by atoms with van der Waals surface area (Å²) < 4.78 is 0. The second-order valence-electron chi connectivity index (χ2n) is 6.58. The van der Waals surface area contributed by atoms with Crippen LogP contribution in [0.5, 0.6) is 0 Å². The number of aliphatic hydroxyl groups is 1. The second-order valence-corrected chi connectivity index (χ2v) is 6.58. The number of likely N-dealkylation sites (tertiary alicyclic amines) is 1. The van der Waals surface area contributed by atoms with Crippen molar-refractivity contribution in [2.24, 2.45) is 0 Å². The maximum Gasteiger partial charge on any atom is 0.0796 e. The summed E-state index contributed by atoms with van der Waals surface area (Å²) in [4.78, 5) is 2.47. The number of benzene rings is 1. The third-order valence-electron chi connectivity index (χ3n) is 4.74. The molecule has 20 heavy (non-hydrogen) atoms. The van der Waals surface area contributed by atoms with E-state index in [0.29, 0.717) is 6.04 Å². The zero-order valence-corrected chi connectivity index (χ0v) is 12.4. The highest BCUT2D eigenvalue weighted by Crippen LogP contribution is 2.25. The van der Waals surface area contributed by atoms with Gasteiger partial charge in [0.1, 0.15) is 0 Å². The minimum Gasteiger partial charge on any atom is -0.388 e. The first-order chi connectivity index (χ1) is 9.65. The van der Waals surface area contributed by atoms with Gasteiger partial charge in [-0.3, -0.25) is 4.90 Å². The Kier molecular flexibility index (Phi) is 4.11. The molecule has 2 fully saturated rings. The van der Waals surface area contributed by atoms with E-state index in [0.717, 1.165) is 39.0 Å². The lowest BCUT2D eigenvalue weighted by atomic mass is 9.91. The van der Waals surface area contributed by atoms with Gasteiger partial charge < -0.3 is 10.4 Å². The van der Waals surface area contributed by atoms with Crippen molar-refractivity contribution in [2.45, 2.75) is 50.8 Å². The summed E-state index contributed by atoms with van der Waals surface area (Å²) in [7, 11) is 0. The largest absolute Gasteiger partial charge is 0.388 e. The molecule has 1 saturated heterocycles. The smallest absolute Gasteiger partial charge is 0.0796 e. The van der Waals surface area contributed by atoms with Crippen LogP contribution in [0.1, 0.15) is 36.8 Å². The van der Waals surface area contributed by atoms with E-state index in [1.54, 1.807) is 0 Å². The van der Waals surface area contributed by atoms with Crippen molar-refractivity contribution in [3.8, 4) is 0 Å². The van der Waals surface area contributed by atoms with Crippen LogP contribution in [0.3, 0.4) is 0 Å². The quantitative estimate of drug-likeness (QED) is 0.863. The van der Waals surface area contributed by atoms with Crippen LogP contribution in [-0.4, -0.2) is 41.3 Å². The lowest BCUT2D eigenvalue weighted by Crippen LogP contribution is -2.50. The van der Waals surface area contributed by atoms with Gasteiger partial charge in [-0.2, -0.15) is 0 Å². The molecule has 3 rings (SSSR count). The summed E-state index contributed by atoms with van der Waals surface area (Å²) in [5.41, 5.74) is 2.29. The predicted molar refractivity (Wildman–Crippen MR) is 81.7 cm³/mol. The lowest BCUT2D eigenvalue weighted by molar-refractivity contribution is -0.0219. The standard InChI is InChI=1S/C17H26N2O/c1-14-4-2-3-5-15(14)12-19-10-8-17(20,9-11-19)13-18-16-6-7-16/h2-5,16,18,20H,6-13H2,1H3. The van der Waals surface area contributed by atoms with Crippen molar-refractivity contribution < 1.29 is 5.11 Å². The molecule has 0 spiro atoms. The summed E-state index contributed by atoms with van der Waals surface area (Å²) in [5, 5.41) is 14.1. The molecule has 1 aromatic rings. The molecule has 110 valence electrons. The third-order valence-corrected chi connectivity index (χ3v) is 4.74. The monoisotopic (exact) mass is 274 g/mol. The van der Waals surface area contributed by atoms with E-state index < -0.39 is 5.60 Å². The molecule has 3 nitrogen and oxygen atoms in total. The molecule has 1 heterocycles. The predicted octanol–water partition coefficient (Wildman–Crippen LogP) is 2.07. The lowest BCUT2D eigenvalue weighted by Gasteiger charge is -2.38. The number of aryl methyl sites for hydroxylation is 1. The Morgan fingerprint density at radius 3 is 2.60 bits per heavy atom. The summed E-state index contributed by atoms with van der Waals surface area (Å²) >= 11 is 0. The number of nitrogens with zero attached hydrogens (tertiary/aromatic N) is 1. The minimum atomic E-state index is -0.481. The van der Waals surface area contributed by atoms with E-state index in [-0.39, 0.29) is 0 Å². The molecule has 0 bridgehead atoms. The highest BCUT2D eigenvalue weighted by molar-refractivity contribution is 5.25. The van der Waals surface area contributed by atoms with E-state index in [1.165, 1.54) is 24.0 Å². The molecule has 1 aliphatic carbocycles. The minimum absolute atomic E-state index is 0.481. The Hall–Kier alpha value is -0.900. The molecular weight excluding hydrogens is 248 g/mol. The van der Waals surface area contributed by atoms with Crippen molar-refractivity contribution in [3.63, 3.8) is 0 Å². The fourth-order valence-electron chi connectivity index (χ4n) is 2.95. The van der Waals surface area contributed by atoms with Gasteiger partial charge in [-0.1, -0.05) is 24.3 Å². The third kappa shape index (κ3) is 3.60. The fourth-order valence-corrected chi connectivity index (χ4v) is 2.95. The topological polar surface area (TPSA) is 35.5 Å². The van der Waals surface area contributed by atoms with Crippen molar-refractivity contribution in [1.29, 1.82) is 0 Å². The van der Waals surface area contributed by atoms with Gasteiger partial charge in [-0.15, -0.1) is 0 Å². The van der Waals surface area contributed by atoms with Crippen molar-refractivity contribution >= 4 is 0 Å². The van der Waals surface area contributed by atoms with Crippen LogP contribution >= 0.6 is 0 Å². The Labute approximate surface area is 122 Å². The molecule has 1 aromatic carbocycles. The highest BCUT2D eigenvalue weighted by atomic mass is 16.3. The molecule has 0 aromatic heterocycles.